The summed E-state index contributed by atoms with van der Waals surface area (Å²) < 4.78 is 16.2. The number of imide groups is 1. The minimum Gasteiger partial charge on any atom is -0.497 e. The molecule has 7 nitrogen and oxygen atoms in total. The van der Waals surface area contributed by atoms with E-state index in [-0.39, 0.29) is 0 Å². The van der Waals surface area contributed by atoms with Crippen molar-refractivity contribution in [2.75, 3.05) is 19.5 Å². The summed E-state index contributed by atoms with van der Waals surface area (Å²) in [6.45, 7) is 5.30. The van der Waals surface area contributed by atoms with Gasteiger partial charge >= 0.3 is 6.09 Å². The van der Waals surface area contributed by atoms with Crippen LogP contribution in [0.15, 0.2) is 60.7 Å². The first-order valence-corrected chi connectivity index (χ1v) is 10.0. The largest absolute Gasteiger partial charge is 0.497 e. The third kappa shape index (κ3) is 5.17. The Morgan fingerprint density at radius 2 is 1.71 bits per heavy atom. The molecule has 2 amide bonds. The van der Waals surface area contributed by atoms with Crippen LogP contribution in [-0.2, 0) is 9.53 Å². The van der Waals surface area contributed by atoms with E-state index >= 15 is 0 Å². The van der Waals surface area contributed by atoms with Gasteiger partial charge < -0.3 is 19.5 Å². The minimum atomic E-state index is -0.726. The second-order valence-electron chi connectivity index (χ2n) is 8.13. The van der Waals surface area contributed by atoms with Crippen LogP contribution in [0, 0.1) is 0 Å². The number of carbonyl (C=O) groups is 2. The standard InChI is InChI=1S/C24H28N2O5/c1-24(2,3)31-23(28)26-19(14-15-21(26)27)22(16-10-12-17(29-4)13-11-16)25-18-8-6-7-9-20(18)30-5/h6-15,19,22,25H,1-5H3/t19-,22+/m0/s1. The molecule has 0 fully saturated rings. The van der Waals surface area contributed by atoms with Gasteiger partial charge in [0, 0.05) is 6.08 Å². The van der Waals surface area contributed by atoms with Crippen LogP contribution in [0.5, 0.6) is 11.5 Å². The molecule has 1 heterocycles. The number of rotatable bonds is 6. The highest BCUT2D eigenvalue weighted by molar-refractivity contribution is 6.01. The molecule has 2 aromatic rings. The van der Waals surface area contributed by atoms with Crippen molar-refractivity contribution in [3.8, 4) is 11.5 Å². The van der Waals surface area contributed by atoms with Crippen molar-refractivity contribution < 1.29 is 23.8 Å². The van der Waals surface area contributed by atoms with E-state index in [2.05, 4.69) is 5.32 Å². The summed E-state index contributed by atoms with van der Waals surface area (Å²) in [5.74, 6) is 0.944. The van der Waals surface area contributed by atoms with Crippen molar-refractivity contribution in [1.29, 1.82) is 0 Å². The molecule has 0 aliphatic carbocycles. The van der Waals surface area contributed by atoms with Crippen LogP contribution < -0.4 is 14.8 Å². The highest BCUT2D eigenvalue weighted by Crippen LogP contribution is 2.34. The smallest absolute Gasteiger partial charge is 0.417 e. The fourth-order valence-electron chi connectivity index (χ4n) is 3.39. The second kappa shape index (κ2) is 9.12. The molecule has 1 aliphatic rings. The normalized spacial score (nSPS) is 16.7. The van der Waals surface area contributed by atoms with E-state index in [1.54, 1.807) is 41.1 Å². The molecule has 1 aliphatic heterocycles. The van der Waals surface area contributed by atoms with Crippen LogP contribution in [0.3, 0.4) is 0 Å². The predicted molar refractivity (Wildman–Crippen MR) is 118 cm³/mol. The minimum absolute atomic E-state index is 0.417. The zero-order valence-electron chi connectivity index (χ0n) is 18.4. The van der Waals surface area contributed by atoms with Crippen molar-refractivity contribution in [2.24, 2.45) is 0 Å². The number of carbonyl (C=O) groups excluding carboxylic acids is 2. The monoisotopic (exact) mass is 424 g/mol. The fraction of sp³-hybridized carbons (Fsp3) is 0.333. The molecular weight excluding hydrogens is 396 g/mol. The van der Waals surface area contributed by atoms with Crippen LogP contribution in [0.1, 0.15) is 32.4 Å². The Labute approximate surface area is 182 Å². The Balaban J connectivity index is 2.00. The van der Waals surface area contributed by atoms with Crippen LogP contribution in [0.25, 0.3) is 0 Å². The van der Waals surface area contributed by atoms with Gasteiger partial charge in [0.1, 0.15) is 17.1 Å². The lowest BCUT2D eigenvalue weighted by Crippen LogP contribution is -2.46. The molecule has 2 aromatic carbocycles. The number of ether oxygens (including phenoxy) is 3. The van der Waals surface area contributed by atoms with Gasteiger partial charge in [-0.25, -0.2) is 9.69 Å². The fourth-order valence-corrected chi connectivity index (χ4v) is 3.39. The number of anilines is 1. The molecule has 0 aromatic heterocycles. The van der Waals surface area contributed by atoms with E-state index in [0.29, 0.717) is 11.5 Å². The van der Waals surface area contributed by atoms with Gasteiger partial charge in [-0.2, -0.15) is 0 Å². The summed E-state index contributed by atoms with van der Waals surface area (Å²) in [7, 11) is 3.19. The Hall–Kier alpha value is -3.48. The molecule has 3 rings (SSSR count). The molecule has 1 N–H and O–H groups in total. The molecule has 7 heteroatoms. The van der Waals surface area contributed by atoms with Crippen molar-refractivity contribution in [1.82, 2.24) is 4.90 Å². The number of para-hydroxylation sites is 2. The Kier molecular flexibility index (Phi) is 6.53. The van der Waals surface area contributed by atoms with Crippen molar-refractivity contribution in [3.05, 3.63) is 66.2 Å². The average Bonchev–Trinajstić information content (AvgIpc) is 3.12. The summed E-state index contributed by atoms with van der Waals surface area (Å²) in [4.78, 5) is 26.6. The maximum absolute atomic E-state index is 12.9. The van der Waals surface area contributed by atoms with Crippen molar-refractivity contribution >= 4 is 17.7 Å². The van der Waals surface area contributed by atoms with Gasteiger partial charge in [-0.05, 0) is 50.6 Å². The summed E-state index contributed by atoms with van der Waals surface area (Å²) in [6, 6.07) is 13.9. The van der Waals surface area contributed by atoms with Crippen LogP contribution in [0.2, 0.25) is 0 Å². The lowest BCUT2D eigenvalue weighted by atomic mass is 9.98. The van der Waals surface area contributed by atoms with E-state index in [1.165, 1.54) is 6.08 Å². The quantitative estimate of drug-likeness (QED) is 0.733. The highest BCUT2D eigenvalue weighted by atomic mass is 16.6. The number of nitrogens with one attached hydrogen (secondary N) is 1. The summed E-state index contributed by atoms with van der Waals surface area (Å²) >= 11 is 0. The predicted octanol–water partition coefficient (Wildman–Crippen LogP) is 4.56. The van der Waals surface area contributed by atoms with Gasteiger partial charge in [0.15, 0.2) is 0 Å². The zero-order valence-corrected chi connectivity index (χ0v) is 18.4. The number of methoxy groups -OCH3 is 2. The Morgan fingerprint density at radius 3 is 2.32 bits per heavy atom. The molecule has 0 saturated heterocycles. The summed E-state index contributed by atoms with van der Waals surface area (Å²) in [5, 5.41) is 3.44. The van der Waals surface area contributed by atoms with E-state index in [0.717, 1.165) is 16.2 Å². The van der Waals surface area contributed by atoms with Gasteiger partial charge in [-0.15, -0.1) is 0 Å². The maximum Gasteiger partial charge on any atom is 0.417 e. The number of amides is 2. The molecule has 0 unspecified atom stereocenters. The van der Waals surface area contributed by atoms with Crippen molar-refractivity contribution in [3.63, 3.8) is 0 Å². The van der Waals surface area contributed by atoms with Crippen LogP contribution in [-0.4, -0.2) is 42.8 Å². The van der Waals surface area contributed by atoms with Gasteiger partial charge in [0.05, 0.1) is 32.0 Å². The van der Waals surface area contributed by atoms with Crippen molar-refractivity contribution in [2.45, 2.75) is 38.5 Å². The molecule has 31 heavy (non-hydrogen) atoms. The summed E-state index contributed by atoms with van der Waals surface area (Å²) in [6.07, 6.45) is 2.42. The van der Waals surface area contributed by atoms with Crippen LogP contribution in [0.4, 0.5) is 10.5 Å². The second-order valence-corrected chi connectivity index (χ2v) is 8.13. The summed E-state index contributed by atoms with van der Waals surface area (Å²) in [5.41, 5.74) is 0.878. The topological polar surface area (TPSA) is 77.1 Å². The third-order valence-corrected chi connectivity index (χ3v) is 4.80. The Bertz CT molecular complexity index is 963. The van der Waals surface area contributed by atoms with Gasteiger partial charge in [0.2, 0.25) is 0 Å². The highest BCUT2D eigenvalue weighted by Gasteiger charge is 2.40. The number of benzene rings is 2. The molecule has 0 saturated carbocycles. The number of hydrogen-bond acceptors (Lipinski definition) is 6. The number of nitrogens with zero attached hydrogens (tertiary/aromatic N) is 1. The van der Waals surface area contributed by atoms with Gasteiger partial charge in [-0.3, -0.25) is 4.79 Å². The first-order valence-electron chi connectivity index (χ1n) is 10.0. The first kappa shape index (κ1) is 22.2. The molecule has 0 radical (unpaired) electrons. The third-order valence-electron chi connectivity index (χ3n) is 4.80. The van der Waals surface area contributed by atoms with E-state index < -0.39 is 29.7 Å². The first-order chi connectivity index (χ1) is 14.7. The molecular formula is C24H28N2O5. The van der Waals surface area contributed by atoms with Crippen LogP contribution >= 0.6 is 0 Å². The zero-order chi connectivity index (χ0) is 22.6. The number of hydrogen-bond donors (Lipinski definition) is 1. The molecule has 164 valence electrons. The Morgan fingerprint density at radius 1 is 1.03 bits per heavy atom. The average molecular weight is 424 g/mol. The SMILES string of the molecule is COc1ccc([C@@H](Nc2ccccc2OC)[C@@H]2C=CC(=O)N2C(=O)OC(C)(C)C)cc1. The lowest BCUT2D eigenvalue weighted by molar-refractivity contribution is -0.125. The van der Waals surface area contributed by atoms with E-state index in [1.807, 2.05) is 48.5 Å². The lowest BCUT2D eigenvalue weighted by Gasteiger charge is -2.33. The van der Waals surface area contributed by atoms with Gasteiger partial charge in [0.25, 0.3) is 5.91 Å². The maximum atomic E-state index is 12.9. The van der Waals surface area contributed by atoms with Gasteiger partial charge in [-0.1, -0.05) is 30.3 Å². The molecule has 2 atom stereocenters. The van der Waals surface area contributed by atoms with E-state index in [4.69, 9.17) is 14.2 Å². The molecule has 0 bridgehead atoms. The molecule has 0 spiro atoms. The van der Waals surface area contributed by atoms with E-state index in [9.17, 15) is 9.59 Å².